The maximum atomic E-state index is 13.8. The molecule has 0 aliphatic carbocycles. The highest BCUT2D eigenvalue weighted by atomic mass is 35.5. The molecule has 2 aromatic rings. The number of carbonyl (C=O) groups is 1. The van der Waals surface area contributed by atoms with Gasteiger partial charge in [0, 0.05) is 0 Å². The first-order valence-corrected chi connectivity index (χ1v) is 5.65. The van der Waals surface area contributed by atoms with E-state index in [4.69, 9.17) is 16.3 Å². The third kappa shape index (κ3) is 2.41. The van der Waals surface area contributed by atoms with Crippen molar-refractivity contribution in [2.24, 2.45) is 0 Å². The van der Waals surface area contributed by atoms with Gasteiger partial charge in [-0.05, 0) is 19.1 Å². The molecule has 0 aliphatic rings. The van der Waals surface area contributed by atoms with Gasteiger partial charge in [-0.15, -0.1) is 5.10 Å². The summed E-state index contributed by atoms with van der Waals surface area (Å²) in [5.41, 5.74) is -0.785. The molecule has 1 heterocycles. The second-order valence-electron chi connectivity index (χ2n) is 3.46. The summed E-state index contributed by atoms with van der Waals surface area (Å²) in [7, 11) is 0. The Balaban J connectivity index is 2.58. The molecule has 2 rings (SSSR count). The molecule has 19 heavy (non-hydrogen) atoms. The van der Waals surface area contributed by atoms with Gasteiger partial charge in [-0.1, -0.05) is 11.6 Å². The number of nitrogens with zero attached hydrogens (tertiary/aromatic N) is 2. The van der Waals surface area contributed by atoms with E-state index in [1.54, 1.807) is 6.92 Å². The van der Waals surface area contributed by atoms with E-state index in [-0.39, 0.29) is 28.6 Å². The average molecular weight is 288 g/mol. The SMILES string of the molecule is CCOC(=O)c1n[nH]nc1-c1c(Cl)ccc(F)c1F. The molecule has 0 unspecified atom stereocenters. The molecule has 0 spiro atoms. The molecular formula is C11H8ClF2N3O2. The van der Waals surface area contributed by atoms with Crippen LogP contribution in [0.1, 0.15) is 17.4 Å². The molecule has 100 valence electrons. The van der Waals surface area contributed by atoms with Crippen molar-refractivity contribution in [1.29, 1.82) is 0 Å². The summed E-state index contributed by atoms with van der Waals surface area (Å²) in [6, 6.07) is 2.05. The summed E-state index contributed by atoms with van der Waals surface area (Å²) in [5.74, 6) is -3.10. The minimum atomic E-state index is -1.20. The van der Waals surface area contributed by atoms with Gasteiger partial charge in [-0.2, -0.15) is 10.3 Å². The number of nitrogens with one attached hydrogen (secondary N) is 1. The molecule has 0 atom stereocenters. The minimum Gasteiger partial charge on any atom is -0.461 e. The van der Waals surface area contributed by atoms with Crippen LogP contribution >= 0.6 is 11.6 Å². The fraction of sp³-hybridized carbons (Fsp3) is 0.182. The number of hydrogen-bond acceptors (Lipinski definition) is 4. The zero-order chi connectivity index (χ0) is 14.0. The van der Waals surface area contributed by atoms with E-state index in [0.717, 1.165) is 6.07 Å². The molecule has 8 heteroatoms. The number of ether oxygens (including phenoxy) is 1. The van der Waals surface area contributed by atoms with E-state index in [0.29, 0.717) is 0 Å². The summed E-state index contributed by atoms with van der Waals surface area (Å²) in [5, 5.41) is 9.27. The van der Waals surface area contributed by atoms with Crippen molar-refractivity contribution in [3.63, 3.8) is 0 Å². The number of aromatic nitrogens is 3. The first-order valence-electron chi connectivity index (χ1n) is 5.28. The smallest absolute Gasteiger partial charge is 0.361 e. The van der Waals surface area contributed by atoms with Crippen molar-refractivity contribution < 1.29 is 18.3 Å². The van der Waals surface area contributed by atoms with Gasteiger partial charge >= 0.3 is 5.97 Å². The number of esters is 1. The molecule has 0 aliphatic heterocycles. The van der Waals surface area contributed by atoms with E-state index in [9.17, 15) is 13.6 Å². The average Bonchev–Trinajstić information content (AvgIpc) is 2.84. The van der Waals surface area contributed by atoms with Crippen LogP contribution in [-0.2, 0) is 4.74 Å². The van der Waals surface area contributed by atoms with Gasteiger partial charge in [0.25, 0.3) is 0 Å². The monoisotopic (exact) mass is 287 g/mol. The second kappa shape index (κ2) is 5.31. The Morgan fingerprint density at radius 3 is 2.84 bits per heavy atom. The predicted octanol–water partition coefficient (Wildman–Crippen LogP) is 2.58. The van der Waals surface area contributed by atoms with Crippen molar-refractivity contribution in [2.75, 3.05) is 6.61 Å². The van der Waals surface area contributed by atoms with E-state index in [2.05, 4.69) is 15.4 Å². The van der Waals surface area contributed by atoms with Gasteiger partial charge in [-0.3, -0.25) is 0 Å². The molecule has 0 amide bonds. The van der Waals surface area contributed by atoms with Crippen LogP contribution in [0, 0.1) is 11.6 Å². The first kappa shape index (κ1) is 13.4. The summed E-state index contributed by atoms with van der Waals surface area (Å²) in [6.45, 7) is 1.72. The summed E-state index contributed by atoms with van der Waals surface area (Å²) in [6.07, 6.45) is 0. The number of hydrogen-bond donors (Lipinski definition) is 1. The standard InChI is InChI=1S/C11H8ClF2N3O2/c1-2-19-11(18)10-9(15-17-16-10)7-5(12)3-4-6(13)8(7)14/h3-4H,2H2,1H3,(H,15,16,17). The molecule has 0 bridgehead atoms. The third-order valence-electron chi connectivity index (χ3n) is 2.30. The fourth-order valence-corrected chi connectivity index (χ4v) is 1.73. The lowest BCUT2D eigenvalue weighted by atomic mass is 10.1. The van der Waals surface area contributed by atoms with Crippen LogP contribution < -0.4 is 0 Å². The Kier molecular flexibility index (Phi) is 3.75. The fourth-order valence-electron chi connectivity index (χ4n) is 1.49. The largest absolute Gasteiger partial charge is 0.461 e. The molecule has 1 aromatic carbocycles. The zero-order valence-electron chi connectivity index (χ0n) is 9.71. The van der Waals surface area contributed by atoms with Crippen LogP contribution in [0.15, 0.2) is 12.1 Å². The quantitative estimate of drug-likeness (QED) is 0.696. The highest BCUT2D eigenvalue weighted by molar-refractivity contribution is 6.33. The Morgan fingerprint density at radius 2 is 2.16 bits per heavy atom. The highest BCUT2D eigenvalue weighted by Crippen LogP contribution is 2.32. The van der Waals surface area contributed by atoms with Crippen molar-refractivity contribution in [3.8, 4) is 11.3 Å². The highest BCUT2D eigenvalue weighted by Gasteiger charge is 2.25. The van der Waals surface area contributed by atoms with Crippen molar-refractivity contribution in [3.05, 3.63) is 34.5 Å². The van der Waals surface area contributed by atoms with Crippen molar-refractivity contribution in [2.45, 2.75) is 6.92 Å². The summed E-state index contributed by atoms with van der Waals surface area (Å²) < 4.78 is 31.7. The molecule has 5 nitrogen and oxygen atoms in total. The third-order valence-corrected chi connectivity index (χ3v) is 2.61. The molecule has 1 aromatic heterocycles. The zero-order valence-corrected chi connectivity index (χ0v) is 10.5. The number of aromatic amines is 1. The van der Waals surface area contributed by atoms with Crippen LogP contribution in [0.3, 0.4) is 0 Å². The first-order chi connectivity index (χ1) is 9.06. The normalized spacial score (nSPS) is 10.5. The van der Waals surface area contributed by atoms with E-state index in [1.165, 1.54) is 6.07 Å². The lowest BCUT2D eigenvalue weighted by Gasteiger charge is -2.05. The van der Waals surface area contributed by atoms with E-state index >= 15 is 0 Å². The Labute approximate surface area is 111 Å². The molecular weight excluding hydrogens is 280 g/mol. The topological polar surface area (TPSA) is 67.9 Å². The van der Waals surface area contributed by atoms with E-state index in [1.807, 2.05) is 0 Å². The molecule has 0 saturated heterocycles. The van der Waals surface area contributed by atoms with Gasteiger partial charge in [0.1, 0.15) is 5.69 Å². The Hall–Kier alpha value is -2.02. The predicted molar refractivity (Wildman–Crippen MR) is 62.7 cm³/mol. The van der Waals surface area contributed by atoms with Crippen molar-refractivity contribution in [1.82, 2.24) is 15.4 Å². The van der Waals surface area contributed by atoms with Crippen LogP contribution in [0.25, 0.3) is 11.3 Å². The molecule has 0 saturated carbocycles. The Bertz CT molecular complexity index is 630. The van der Waals surface area contributed by atoms with Gasteiger partial charge in [0.2, 0.25) is 0 Å². The van der Waals surface area contributed by atoms with Crippen LogP contribution in [0.4, 0.5) is 8.78 Å². The maximum absolute atomic E-state index is 13.8. The molecule has 0 radical (unpaired) electrons. The van der Waals surface area contributed by atoms with Gasteiger partial charge < -0.3 is 4.74 Å². The number of carbonyl (C=O) groups excluding carboxylic acids is 1. The number of H-pyrrole nitrogens is 1. The van der Waals surface area contributed by atoms with Crippen LogP contribution in [-0.4, -0.2) is 28.0 Å². The van der Waals surface area contributed by atoms with E-state index < -0.39 is 17.6 Å². The molecule has 0 fully saturated rings. The maximum Gasteiger partial charge on any atom is 0.361 e. The number of rotatable bonds is 3. The van der Waals surface area contributed by atoms with Crippen LogP contribution in [0.2, 0.25) is 5.02 Å². The number of benzene rings is 1. The lowest BCUT2D eigenvalue weighted by Crippen LogP contribution is -2.07. The number of halogens is 3. The minimum absolute atomic E-state index is 0.0849. The van der Waals surface area contributed by atoms with Crippen LogP contribution in [0.5, 0.6) is 0 Å². The Morgan fingerprint density at radius 1 is 1.42 bits per heavy atom. The molecule has 1 N–H and O–H groups in total. The van der Waals surface area contributed by atoms with Gasteiger partial charge in [-0.25, -0.2) is 13.6 Å². The second-order valence-corrected chi connectivity index (χ2v) is 3.87. The van der Waals surface area contributed by atoms with Gasteiger partial charge in [0.05, 0.1) is 17.2 Å². The van der Waals surface area contributed by atoms with Crippen molar-refractivity contribution >= 4 is 17.6 Å². The summed E-state index contributed by atoms with van der Waals surface area (Å²) in [4.78, 5) is 11.6. The lowest BCUT2D eigenvalue weighted by molar-refractivity contribution is 0.0520. The summed E-state index contributed by atoms with van der Waals surface area (Å²) >= 11 is 5.81. The van der Waals surface area contributed by atoms with Gasteiger partial charge in [0.15, 0.2) is 17.3 Å².